The molecule has 1 atom stereocenters. The first-order valence-corrected chi connectivity index (χ1v) is 7.76. The summed E-state index contributed by atoms with van der Waals surface area (Å²) in [7, 11) is 1.40. The topological polar surface area (TPSA) is 65.2 Å². The Morgan fingerprint density at radius 1 is 1.29 bits per heavy atom. The zero-order valence-corrected chi connectivity index (χ0v) is 12.9. The molecule has 0 aliphatic carbocycles. The standard InChI is InChI=1S/C15H18N2O3S/c1-11(8-15(18)19-2)21-10-14-17-16-13(20-14)9-12-6-4-3-5-7-12/h3-7,11H,8-10H2,1-2H3. The van der Waals surface area contributed by atoms with Crippen LogP contribution in [0.25, 0.3) is 0 Å². The Labute approximate surface area is 128 Å². The number of ether oxygens (including phenoxy) is 1. The normalized spacial score (nSPS) is 12.1. The molecule has 1 aromatic carbocycles. The average Bonchev–Trinajstić information content (AvgIpc) is 2.93. The summed E-state index contributed by atoms with van der Waals surface area (Å²) in [6, 6.07) is 9.99. The van der Waals surface area contributed by atoms with Crippen LogP contribution in [0.3, 0.4) is 0 Å². The van der Waals surface area contributed by atoms with Crippen molar-refractivity contribution in [2.45, 2.75) is 30.8 Å². The second kappa shape index (κ2) is 7.83. The largest absolute Gasteiger partial charge is 0.469 e. The highest BCUT2D eigenvalue weighted by molar-refractivity contribution is 7.99. The molecule has 0 amide bonds. The van der Waals surface area contributed by atoms with Crippen molar-refractivity contribution < 1.29 is 13.9 Å². The molecule has 112 valence electrons. The van der Waals surface area contributed by atoms with Gasteiger partial charge >= 0.3 is 5.97 Å². The molecular formula is C15H18N2O3S. The first-order chi connectivity index (χ1) is 10.2. The molecule has 2 rings (SSSR count). The third kappa shape index (κ3) is 5.23. The van der Waals surface area contributed by atoms with Crippen molar-refractivity contribution in [1.29, 1.82) is 0 Å². The van der Waals surface area contributed by atoms with Gasteiger partial charge < -0.3 is 9.15 Å². The molecule has 5 nitrogen and oxygen atoms in total. The van der Waals surface area contributed by atoms with Gasteiger partial charge in [0, 0.05) is 5.25 Å². The lowest BCUT2D eigenvalue weighted by molar-refractivity contribution is -0.140. The van der Waals surface area contributed by atoms with E-state index in [0.29, 0.717) is 30.4 Å². The maximum absolute atomic E-state index is 11.2. The van der Waals surface area contributed by atoms with Crippen molar-refractivity contribution in [3.05, 3.63) is 47.7 Å². The third-order valence-corrected chi connectivity index (χ3v) is 4.03. The number of hydrogen-bond donors (Lipinski definition) is 0. The second-order valence-electron chi connectivity index (χ2n) is 4.65. The van der Waals surface area contributed by atoms with Gasteiger partial charge in [0.2, 0.25) is 11.8 Å². The third-order valence-electron chi connectivity index (χ3n) is 2.88. The molecule has 0 radical (unpaired) electrons. The van der Waals surface area contributed by atoms with Crippen LogP contribution in [0.2, 0.25) is 0 Å². The van der Waals surface area contributed by atoms with Gasteiger partial charge in [-0.25, -0.2) is 0 Å². The summed E-state index contributed by atoms with van der Waals surface area (Å²) in [5, 5.41) is 8.23. The zero-order valence-electron chi connectivity index (χ0n) is 12.1. The van der Waals surface area contributed by atoms with Crippen molar-refractivity contribution >= 4 is 17.7 Å². The van der Waals surface area contributed by atoms with E-state index in [4.69, 9.17) is 4.42 Å². The van der Waals surface area contributed by atoms with E-state index in [1.165, 1.54) is 7.11 Å². The Hall–Kier alpha value is -1.82. The van der Waals surface area contributed by atoms with Crippen LogP contribution in [-0.4, -0.2) is 28.5 Å². The Morgan fingerprint density at radius 3 is 2.71 bits per heavy atom. The summed E-state index contributed by atoms with van der Waals surface area (Å²) in [5.74, 6) is 1.59. The minimum Gasteiger partial charge on any atom is -0.469 e. The van der Waals surface area contributed by atoms with Crippen LogP contribution in [-0.2, 0) is 21.7 Å². The van der Waals surface area contributed by atoms with Gasteiger partial charge in [-0.1, -0.05) is 37.3 Å². The molecule has 0 spiro atoms. The van der Waals surface area contributed by atoms with E-state index < -0.39 is 0 Å². The fraction of sp³-hybridized carbons (Fsp3) is 0.400. The Balaban J connectivity index is 1.82. The van der Waals surface area contributed by atoms with Crippen molar-refractivity contribution in [2.24, 2.45) is 0 Å². The smallest absolute Gasteiger partial charge is 0.306 e. The molecule has 0 saturated carbocycles. The summed E-state index contributed by atoms with van der Waals surface area (Å²) in [5.41, 5.74) is 1.14. The van der Waals surface area contributed by atoms with Crippen LogP contribution < -0.4 is 0 Å². The molecule has 6 heteroatoms. The second-order valence-corrected chi connectivity index (χ2v) is 6.08. The number of esters is 1. The number of nitrogens with zero attached hydrogens (tertiary/aromatic N) is 2. The van der Waals surface area contributed by atoms with Crippen LogP contribution in [0.4, 0.5) is 0 Å². The van der Waals surface area contributed by atoms with Crippen LogP contribution >= 0.6 is 11.8 Å². The molecule has 0 bridgehead atoms. The SMILES string of the molecule is COC(=O)CC(C)SCc1nnc(Cc2ccccc2)o1. The molecule has 21 heavy (non-hydrogen) atoms. The minimum absolute atomic E-state index is 0.155. The average molecular weight is 306 g/mol. The van der Waals surface area contributed by atoms with E-state index in [1.807, 2.05) is 37.3 Å². The van der Waals surface area contributed by atoms with Gasteiger partial charge in [0.25, 0.3) is 0 Å². The van der Waals surface area contributed by atoms with Gasteiger partial charge in [-0.3, -0.25) is 4.79 Å². The minimum atomic E-state index is -0.203. The highest BCUT2D eigenvalue weighted by atomic mass is 32.2. The van der Waals surface area contributed by atoms with Crippen LogP contribution in [0.15, 0.2) is 34.7 Å². The number of thioether (sulfide) groups is 1. The van der Waals surface area contributed by atoms with Gasteiger partial charge in [0.05, 0.1) is 25.7 Å². The highest BCUT2D eigenvalue weighted by Crippen LogP contribution is 2.20. The number of aromatic nitrogens is 2. The highest BCUT2D eigenvalue weighted by Gasteiger charge is 2.12. The molecule has 1 unspecified atom stereocenters. The number of rotatable bonds is 7. The van der Waals surface area contributed by atoms with Crippen LogP contribution in [0.5, 0.6) is 0 Å². The maximum atomic E-state index is 11.2. The number of hydrogen-bond acceptors (Lipinski definition) is 6. The van der Waals surface area contributed by atoms with E-state index in [9.17, 15) is 4.79 Å². The quantitative estimate of drug-likeness (QED) is 0.733. The zero-order chi connectivity index (χ0) is 15.1. The van der Waals surface area contributed by atoms with Gasteiger partial charge in [-0.15, -0.1) is 22.0 Å². The van der Waals surface area contributed by atoms with Crippen LogP contribution in [0, 0.1) is 0 Å². The summed E-state index contributed by atoms with van der Waals surface area (Å²) < 4.78 is 10.2. The lowest BCUT2D eigenvalue weighted by Gasteiger charge is -2.07. The number of carbonyl (C=O) groups is 1. The van der Waals surface area contributed by atoms with Gasteiger partial charge in [0.15, 0.2) is 0 Å². The molecule has 0 saturated heterocycles. The van der Waals surface area contributed by atoms with E-state index >= 15 is 0 Å². The van der Waals surface area contributed by atoms with Gasteiger partial charge in [0.1, 0.15) is 0 Å². The van der Waals surface area contributed by atoms with Crippen molar-refractivity contribution in [1.82, 2.24) is 10.2 Å². The van der Waals surface area contributed by atoms with E-state index in [2.05, 4.69) is 14.9 Å². The van der Waals surface area contributed by atoms with E-state index in [-0.39, 0.29) is 11.2 Å². The summed E-state index contributed by atoms with van der Waals surface area (Å²) in [6.07, 6.45) is 1.02. The van der Waals surface area contributed by atoms with Crippen LogP contribution in [0.1, 0.15) is 30.7 Å². The van der Waals surface area contributed by atoms with Gasteiger partial charge in [-0.2, -0.15) is 0 Å². The van der Waals surface area contributed by atoms with Crippen molar-refractivity contribution in [3.8, 4) is 0 Å². The number of methoxy groups -OCH3 is 1. The fourth-order valence-electron chi connectivity index (χ4n) is 1.78. The molecule has 1 aromatic heterocycles. The number of carbonyl (C=O) groups excluding carboxylic acids is 1. The molecule has 1 heterocycles. The molecular weight excluding hydrogens is 288 g/mol. The predicted octanol–water partition coefficient (Wildman–Crippen LogP) is 2.85. The Morgan fingerprint density at radius 2 is 2.00 bits per heavy atom. The first kappa shape index (κ1) is 15.6. The van der Waals surface area contributed by atoms with E-state index in [0.717, 1.165) is 5.56 Å². The molecule has 0 fully saturated rings. The molecule has 0 N–H and O–H groups in total. The summed E-state index contributed by atoms with van der Waals surface area (Å²) in [6.45, 7) is 1.98. The van der Waals surface area contributed by atoms with E-state index in [1.54, 1.807) is 11.8 Å². The monoisotopic (exact) mass is 306 g/mol. The predicted molar refractivity (Wildman–Crippen MR) is 80.9 cm³/mol. The summed E-state index contributed by atoms with van der Waals surface area (Å²) in [4.78, 5) is 11.2. The fourth-order valence-corrected chi connectivity index (χ4v) is 2.58. The maximum Gasteiger partial charge on any atom is 0.306 e. The van der Waals surface area contributed by atoms with Crippen molar-refractivity contribution in [2.75, 3.05) is 7.11 Å². The Bertz CT molecular complexity index is 571. The molecule has 0 aliphatic heterocycles. The Kier molecular flexibility index (Phi) is 5.80. The van der Waals surface area contributed by atoms with Crippen molar-refractivity contribution in [3.63, 3.8) is 0 Å². The molecule has 0 aliphatic rings. The van der Waals surface area contributed by atoms with Gasteiger partial charge in [-0.05, 0) is 5.56 Å². The number of benzene rings is 1. The summed E-state index contributed by atoms with van der Waals surface area (Å²) >= 11 is 1.60. The first-order valence-electron chi connectivity index (χ1n) is 6.71. The lowest BCUT2D eigenvalue weighted by atomic mass is 10.2. The molecule has 2 aromatic rings. The lowest BCUT2D eigenvalue weighted by Crippen LogP contribution is -2.08.